The van der Waals surface area contributed by atoms with E-state index < -0.39 is 95.6 Å². The molecule has 5 rings (SSSR count). The first kappa shape index (κ1) is 63.8. The molecule has 0 aromatic heterocycles. The summed E-state index contributed by atoms with van der Waals surface area (Å²) in [5.41, 5.74) is 11.3. The SMILES string of the molecule is COc1cc2cc(c1Cl)N(C)C(=O)C[C@H](OC(=O)[C@H](C)N(C)C(=O)CCSC(=S)NCc1ccc(NC(=O)[C@H](CCCNC(N)=O)NC(=O)[C@@H](N)C(C)C)cc1)[C@]1(C)O[C@H]1[C@H](C)[C@@H]1C[C@@](O)(NC(=O)O1)[C@H](OC)/C=C/C=C(\C)C2. The molecule has 2 saturated heterocycles. The molecule has 7 amide bonds. The van der Waals surface area contributed by atoms with Gasteiger partial charge in [-0.2, -0.15) is 0 Å². The standard InChI is InChI=1S/C54H76ClN9O13S2/c1-29(2)45(56)48(68)61-36(14-12-21-58-50(57)70)47(67)60-35-18-16-33(17-19-35)28-59-52(78)79-22-20-42(65)63(7)32(5)49(69)76-41-26-43(66)64(8)37-24-34(25-38(73-9)44(37)55)23-30(3)13-11-15-40(74-10)54(72)27-39(75-51(71)62-54)31(4)46-53(41,6)77-46/h11,13,15-19,24-25,29,31-32,36,39-41,45-46,72H,12,14,20-23,26-28,56H2,1-10H3,(H,59,78)(H,60,67)(H,61,68)(H,62,71)(H3,57,58,70)/b15-11+,30-13+/t31-,32+,36+,39+,40-,41+,45+,46+,53+,54+/m1/s1. The van der Waals surface area contributed by atoms with Crippen LogP contribution in [0.3, 0.4) is 0 Å². The smallest absolute Gasteiger partial charge is 0.409 e. The van der Waals surface area contributed by atoms with Gasteiger partial charge in [0.2, 0.25) is 23.6 Å². The number of carbonyl (C=O) groups excluding carboxylic acids is 7. The fourth-order valence-corrected chi connectivity index (χ4v) is 10.4. The highest BCUT2D eigenvalue weighted by Crippen LogP contribution is 2.49. The number of amides is 7. The molecule has 0 radical (unpaired) electrons. The Morgan fingerprint density at radius 1 is 1.09 bits per heavy atom. The number of nitrogens with zero attached hydrogens (tertiary/aromatic N) is 2. The number of urea groups is 1. The number of carbonyl (C=O) groups is 7. The Balaban J connectivity index is 1.21. The van der Waals surface area contributed by atoms with Crippen molar-refractivity contribution in [2.45, 2.75) is 140 Å². The zero-order valence-electron chi connectivity index (χ0n) is 46.3. The van der Waals surface area contributed by atoms with Crippen molar-refractivity contribution in [3.8, 4) is 5.75 Å². The van der Waals surface area contributed by atoms with E-state index in [1.54, 1.807) is 83.3 Å². The maximum atomic E-state index is 14.4. The van der Waals surface area contributed by atoms with Crippen molar-refractivity contribution in [3.63, 3.8) is 0 Å². The molecular weight excluding hydrogens is 1080 g/mol. The number of halogens is 1. The average Bonchev–Trinajstić information content (AvgIpc) is 4.31. The summed E-state index contributed by atoms with van der Waals surface area (Å²) in [6, 6.07) is 6.98. The second-order valence-electron chi connectivity index (χ2n) is 20.6. The first-order chi connectivity index (χ1) is 37.2. The second-order valence-corrected chi connectivity index (χ2v) is 22.7. The average molecular weight is 1160 g/mol. The monoisotopic (exact) mass is 1160 g/mol. The Morgan fingerprint density at radius 2 is 1.78 bits per heavy atom. The van der Waals surface area contributed by atoms with Gasteiger partial charge in [0.15, 0.2) is 5.72 Å². The van der Waals surface area contributed by atoms with Crippen molar-refractivity contribution in [3.05, 3.63) is 76.3 Å². The quantitative estimate of drug-likeness (QED) is 0.0414. The number of thiocarbonyl (C=S) groups is 1. The van der Waals surface area contributed by atoms with Crippen LogP contribution < -0.4 is 47.7 Å². The molecular formula is C54H76ClN9O13S2. The largest absolute Gasteiger partial charge is 0.495 e. The first-order valence-corrected chi connectivity index (χ1v) is 27.7. The molecule has 2 aromatic rings. The number of epoxide rings is 1. The minimum atomic E-state index is -1.88. The van der Waals surface area contributed by atoms with Crippen molar-refractivity contribution >= 4 is 93.0 Å². The number of fused-ring (bicyclic) bond motifs is 5. The normalized spacial score (nSPS) is 25.3. The van der Waals surface area contributed by atoms with Crippen molar-refractivity contribution < 1.29 is 62.4 Å². The van der Waals surface area contributed by atoms with Crippen molar-refractivity contribution in [1.82, 2.24) is 26.2 Å². The third kappa shape index (κ3) is 17.2. The zero-order chi connectivity index (χ0) is 58.5. The Bertz CT molecular complexity index is 2630. The molecule has 4 bridgehead atoms. The molecule has 25 heteroatoms. The number of primary amides is 1. The Labute approximate surface area is 476 Å². The number of alkyl carbamates (subject to hydrolysis) is 1. The molecule has 434 valence electrons. The van der Waals surface area contributed by atoms with E-state index in [2.05, 4.69) is 26.6 Å². The van der Waals surface area contributed by atoms with E-state index in [0.717, 1.165) is 16.7 Å². The third-order valence-electron chi connectivity index (χ3n) is 14.4. The summed E-state index contributed by atoms with van der Waals surface area (Å²) in [6.07, 6.45) is 1.04. The molecule has 0 aliphatic carbocycles. The molecule has 79 heavy (non-hydrogen) atoms. The van der Waals surface area contributed by atoms with Gasteiger partial charge in [-0.05, 0) is 81.3 Å². The van der Waals surface area contributed by atoms with E-state index in [4.69, 9.17) is 59.0 Å². The van der Waals surface area contributed by atoms with Gasteiger partial charge in [0, 0.05) is 64.5 Å². The fraction of sp³-hybridized carbons (Fsp3) is 0.556. The zero-order valence-corrected chi connectivity index (χ0v) is 48.7. The van der Waals surface area contributed by atoms with Gasteiger partial charge in [-0.25, -0.2) is 14.4 Å². The van der Waals surface area contributed by atoms with E-state index in [9.17, 15) is 38.7 Å². The summed E-state index contributed by atoms with van der Waals surface area (Å²) >= 11 is 13.6. The number of esters is 1. The van der Waals surface area contributed by atoms with Gasteiger partial charge in [0.1, 0.15) is 51.1 Å². The van der Waals surface area contributed by atoms with Gasteiger partial charge < -0.3 is 71.3 Å². The Morgan fingerprint density at radius 3 is 2.43 bits per heavy atom. The number of aliphatic hydroxyl groups is 1. The number of nitrogens with two attached hydrogens (primary N) is 2. The number of hydrogen-bond acceptors (Lipinski definition) is 16. The molecule has 0 spiro atoms. The summed E-state index contributed by atoms with van der Waals surface area (Å²) in [6.45, 7) is 11.0. The Kier molecular flexibility index (Phi) is 22.9. The highest BCUT2D eigenvalue weighted by atomic mass is 35.5. The van der Waals surface area contributed by atoms with Crippen molar-refractivity contribution in [2.24, 2.45) is 23.3 Å². The topological polar surface area (TPSA) is 308 Å². The number of likely N-dealkylation sites (N-methyl/N-ethyl adjacent to an activating group) is 1. The number of benzene rings is 2. The first-order valence-electron chi connectivity index (χ1n) is 26.0. The predicted molar refractivity (Wildman–Crippen MR) is 304 cm³/mol. The number of hydrogen-bond donors (Lipinski definition) is 8. The molecule has 3 heterocycles. The lowest BCUT2D eigenvalue weighted by atomic mass is 9.83. The van der Waals surface area contributed by atoms with Gasteiger partial charge in [0.25, 0.3) is 0 Å². The van der Waals surface area contributed by atoms with Gasteiger partial charge in [-0.15, -0.1) is 0 Å². The van der Waals surface area contributed by atoms with Crippen LogP contribution in [0, 0.1) is 11.8 Å². The maximum absolute atomic E-state index is 14.4. The molecule has 0 unspecified atom stereocenters. The summed E-state index contributed by atoms with van der Waals surface area (Å²) in [4.78, 5) is 94.8. The lowest BCUT2D eigenvalue weighted by Crippen LogP contribution is -2.63. The molecule has 22 nitrogen and oxygen atoms in total. The highest BCUT2D eigenvalue weighted by molar-refractivity contribution is 8.22. The van der Waals surface area contributed by atoms with Crippen molar-refractivity contribution in [1.29, 1.82) is 0 Å². The molecule has 2 aromatic carbocycles. The summed E-state index contributed by atoms with van der Waals surface area (Å²) < 4.78 is 29.9. The van der Waals surface area contributed by atoms with E-state index in [0.29, 0.717) is 40.8 Å². The van der Waals surface area contributed by atoms with E-state index in [-0.39, 0.29) is 54.8 Å². The van der Waals surface area contributed by atoms with Crippen molar-refractivity contribution in [2.75, 3.05) is 50.8 Å². The predicted octanol–water partition coefficient (Wildman–Crippen LogP) is 4.57. The third-order valence-corrected chi connectivity index (χ3v) is 16.0. The molecule has 10 atom stereocenters. The van der Waals surface area contributed by atoms with Gasteiger partial charge in [-0.3, -0.25) is 24.5 Å². The van der Waals surface area contributed by atoms with Crippen LogP contribution in [0.2, 0.25) is 5.02 Å². The minimum absolute atomic E-state index is 0.00821. The molecule has 3 aliphatic heterocycles. The number of ether oxygens (including phenoxy) is 5. The van der Waals surface area contributed by atoms with Gasteiger partial charge in [0.05, 0.1) is 31.4 Å². The van der Waals surface area contributed by atoms with Crippen LogP contribution in [0.15, 0.2) is 60.2 Å². The fourth-order valence-electron chi connectivity index (χ4n) is 9.14. The number of nitrogens with one attached hydrogen (secondary N) is 5. The van der Waals surface area contributed by atoms with E-state index in [1.807, 2.05) is 13.0 Å². The van der Waals surface area contributed by atoms with Crippen LogP contribution in [0.5, 0.6) is 5.75 Å². The van der Waals surface area contributed by atoms with E-state index in [1.165, 1.54) is 49.8 Å². The van der Waals surface area contributed by atoms with Crippen LogP contribution in [0.4, 0.5) is 21.0 Å². The lowest BCUT2D eigenvalue weighted by molar-refractivity contribution is -0.162. The Hall–Kier alpha value is -6.02. The summed E-state index contributed by atoms with van der Waals surface area (Å²) in [5.74, 6) is -2.73. The highest BCUT2D eigenvalue weighted by Gasteiger charge is 2.64. The van der Waals surface area contributed by atoms with Crippen LogP contribution in [0.1, 0.15) is 84.8 Å². The molecule has 10 N–H and O–H groups in total. The van der Waals surface area contributed by atoms with Crippen LogP contribution in [0.25, 0.3) is 0 Å². The number of rotatable bonds is 19. The lowest BCUT2D eigenvalue weighted by Gasteiger charge is -2.42. The van der Waals surface area contributed by atoms with Gasteiger partial charge >= 0.3 is 18.1 Å². The number of methoxy groups -OCH3 is 2. The molecule has 0 saturated carbocycles. The summed E-state index contributed by atoms with van der Waals surface area (Å²) in [7, 11) is 5.91. The van der Waals surface area contributed by atoms with Gasteiger partial charge in [-0.1, -0.05) is 92.3 Å². The minimum Gasteiger partial charge on any atom is -0.495 e. The number of allylic oxidation sites excluding steroid dienone is 3. The molecule has 3 aliphatic rings. The van der Waals surface area contributed by atoms with Crippen LogP contribution in [-0.2, 0) is 55.9 Å². The molecule has 2 fully saturated rings. The maximum Gasteiger partial charge on any atom is 0.409 e. The van der Waals surface area contributed by atoms with Crippen LogP contribution >= 0.6 is 35.6 Å². The van der Waals surface area contributed by atoms with Crippen LogP contribution in [-0.4, -0.2) is 151 Å². The second kappa shape index (κ2) is 28.4. The summed E-state index contributed by atoms with van der Waals surface area (Å²) in [5, 5.41) is 25.7. The van der Waals surface area contributed by atoms with E-state index >= 15 is 0 Å². The number of thioether (sulfide) groups is 1. The number of anilines is 2.